The second-order valence-corrected chi connectivity index (χ2v) is 2.15. The van der Waals surface area contributed by atoms with Gasteiger partial charge in [-0.1, -0.05) is 17.9 Å². The molecule has 0 N–H and O–H groups in total. The van der Waals surface area contributed by atoms with Crippen LogP contribution in [-0.2, 0) is 0 Å². The molecule has 0 radical (unpaired) electrons. The average Bonchev–Trinajstić information content (AvgIpc) is 1.94. The minimum atomic E-state index is -0.0619. The number of ether oxygens (including phenoxy) is 1. The molecule has 11 heavy (non-hydrogen) atoms. The molecule has 0 fully saturated rings. The van der Waals surface area contributed by atoms with Crippen LogP contribution in [0.5, 0.6) is 11.5 Å². The molecule has 54 valence electrons. The van der Waals surface area contributed by atoms with Gasteiger partial charge in [0.1, 0.15) is 5.75 Å². The molecule has 1 rings (SSSR count). The summed E-state index contributed by atoms with van der Waals surface area (Å²) in [4.78, 5) is 0. The van der Waals surface area contributed by atoms with Crippen LogP contribution in [0, 0.1) is 6.92 Å². The molecule has 0 amide bonds. The summed E-state index contributed by atoms with van der Waals surface area (Å²) in [5.74, 6) is 0.355. The van der Waals surface area contributed by atoms with Crippen LogP contribution in [0.3, 0.4) is 0 Å². The van der Waals surface area contributed by atoms with Crippen molar-refractivity contribution in [3.63, 3.8) is 0 Å². The van der Waals surface area contributed by atoms with Crippen LogP contribution in [0.4, 0.5) is 0 Å². The smallest absolute Gasteiger partial charge is 0.870 e. The number of rotatable bonds is 1. The van der Waals surface area contributed by atoms with Gasteiger partial charge >= 0.3 is 51.4 Å². The van der Waals surface area contributed by atoms with Gasteiger partial charge < -0.3 is 9.84 Å². The van der Waals surface area contributed by atoms with E-state index in [-0.39, 0.29) is 57.1 Å². The van der Waals surface area contributed by atoms with Crippen LogP contribution in [0.25, 0.3) is 0 Å². The van der Waals surface area contributed by atoms with Crippen LogP contribution in [-0.4, -0.2) is 7.11 Å². The molecular weight excluding hydrogens is 167 g/mol. The number of hydrogen-bond acceptors (Lipinski definition) is 2. The van der Waals surface area contributed by atoms with Gasteiger partial charge in [-0.15, -0.1) is 0 Å². The van der Waals surface area contributed by atoms with Crippen molar-refractivity contribution in [1.82, 2.24) is 0 Å². The fourth-order valence-electron chi connectivity index (χ4n) is 0.775. The van der Waals surface area contributed by atoms with Crippen LogP contribution in [0.15, 0.2) is 18.2 Å². The number of methoxy groups -OCH3 is 1. The number of hydrogen-bond donors (Lipinski definition) is 0. The second-order valence-electron chi connectivity index (χ2n) is 2.15. The maximum absolute atomic E-state index is 10.9. The van der Waals surface area contributed by atoms with Crippen LogP contribution in [0.2, 0.25) is 0 Å². The molecule has 0 saturated heterocycles. The third kappa shape index (κ3) is 3.13. The average molecular weight is 176 g/mol. The Labute approximate surface area is 109 Å². The van der Waals surface area contributed by atoms with E-state index in [9.17, 15) is 5.11 Å². The van der Waals surface area contributed by atoms with Crippen molar-refractivity contribution in [1.29, 1.82) is 0 Å². The molecule has 1 aromatic rings. The summed E-state index contributed by atoms with van der Waals surface area (Å²) >= 11 is 0. The van der Waals surface area contributed by atoms with Gasteiger partial charge in [0.2, 0.25) is 0 Å². The first kappa shape index (κ1) is 11.5. The van der Waals surface area contributed by atoms with E-state index in [1.54, 1.807) is 12.1 Å². The molecule has 0 aliphatic rings. The van der Waals surface area contributed by atoms with Crippen LogP contribution in [0.1, 0.15) is 5.56 Å². The predicted octanol–water partition coefficient (Wildman–Crippen LogP) is -1.92. The monoisotopic (exact) mass is 176 g/mol. The first-order valence-electron chi connectivity index (χ1n) is 3.05. The van der Waals surface area contributed by atoms with E-state index in [0.29, 0.717) is 5.75 Å². The summed E-state index contributed by atoms with van der Waals surface area (Å²) in [6, 6.07) is 5.00. The summed E-state index contributed by atoms with van der Waals surface area (Å²) in [6.45, 7) is 1.92. The minimum absolute atomic E-state index is 0. The Morgan fingerprint density at radius 2 is 2.00 bits per heavy atom. The topological polar surface area (TPSA) is 32.3 Å². The quantitative estimate of drug-likeness (QED) is 0.467. The minimum Gasteiger partial charge on any atom is -0.870 e. The molecule has 0 aromatic heterocycles. The van der Waals surface area contributed by atoms with Crippen molar-refractivity contribution < 1.29 is 61.2 Å². The van der Waals surface area contributed by atoms with Gasteiger partial charge in [0.25, 0.3) is 0 Å². The Morgan fingerprint density at radius 3 is 2.45 bits per heavy atom. The van der Waals surface area contributed by atoms with E-state index in [1.807, 2.05) is 6.92 Å². The van der Waals surface area contributed by atoms with Gasteiger partial charge in [-0.25, -0.2) is 0 Å². The molecule has 0 unspecified atom stereocenters. The Hall–Kier alpha value is 0.456. The SMILES string of the molecule is COc1cc(C)ccc1[O-].[K+]. The Kier molecular flexibility index (Phi) is 5.38. The predicted molar refractivity (Wildman–Crippen MR) is 37.2 cm³/mol. The summed E-state index contributed by atoms with van der Waals surface area (Å²) in [5.41, 5.74) is 1.04. The van der Waals surface area contributed by atoms with Gasteiger partial charge in [-0.3, -0.25) is 0 Å². The van der Waals surface area contributed by atoms with Gasteiger partial charge in [0.15, 0.2) is 0 Å². The maximum Gasteiger partial charge on any atom is 1.00 e. The summed E-state index contributed by atoms with van der Waals surface area (Å²) in [6.07, 6.45) is 0. The zero-order chi connectivity index (χ0) is 7.56. The molecule has 0 atom stereocenters. The molecule has 0 heterocycles. The standard InChI is InChI=1S/C8H10O2.K/c1-6-3-4-7(9)8(5-6)10-2;/h3-5,9H,1-2H3;/q;+1/p-1. The summed E-state index contributed by atoms with van der Waals surface area (Å²) < 4.78 is 4.81. The molecule has 2 nitrogen and oxygen atoms in total. The van der Waals surface area contributed by atoms with Gasteiger partial charge in [0, 0.05) is 0 Å². The van der Waals surface area contributed by atoms with E-state index >= 15 is 0 Å². The molecule has 0 aliphatic heterocycles. The first-order valence-corrected chi connectivity index (χ1v) is 3.05. The van der Waals surface area contributed by atoms with Crippen molar-refractivity contribution >= 4 is 0 Å². The summed E-state index contributed by atoms with van der Waals surface area (Å²) in [7, 11) is 1.50. The van der Waals surface area contributed by atoms with Crippen molar-refractivity contribution in [2.75, 3.05) is 7.11 Å². The normalized spacial score (nSPS) is 8.55. The van der Waals surface area contributed by atoms with Gasteiger partial charge in [-0.2, -0.15) is 0 Å². The Balaban J connectivity index is 0.000001000. The molecule has 3 heteroatoms. The Bertz CT molecular complexity index is 236. The molecule has 1 aromatic carbocycles. The first-order chi connectivity index (χ1) is 4.74. The maximum atomic E-state index is 10.9. The third-order valence-electron chi connectivity index (χ3n) is 1.32. The zero-order valence-electron chi connectivity index (χ0n) is 7.05. The van der Waals surface area contributed by atoms with Crippen molar-refractivity contribution in [2.45, 2.75) is 6.92 Å². The van der Waals surface area contributed by atoms with Gasteiger partial charge in [-0.05, 0) is 18.6 Å². The Morgan fingerprint density at radius 1 is 1.36 bits per heavy atom. The molecule has 0 aliphatic carbocycles. The fourth-order valence-corrected chi connectivity index (χ4v) is 0.775. The summed E-state index contributed by atoms with van der Waals surface area (Å²) in [5, 5.41) is 10.9. The van der Waals surface area contributed by atoms with Gasteiger partial charge in [0.05, 0.1) is 7.11 Å². The van der Waals surface area contributed by atoms with Crippen LogP contribution < -0.4 is 61.2 Å². The van der Waals surface area contributed by atoms with E-state index in [2.05, 4.69) is 0 Å². The van der Waals surface area contributed by atoms with Crippen molar-refractivity contribution in [3.05, 3.63) is 23.8 Å². The van der Waals surface area contributed by atoms with Crippen molar-refractivity contribution in [2.24, 2.45) is 0 Å². The molecule has 0 saturated carbocycles. The van der Waals surface area contributed by atoms with E-state index in [1.165, 1.54) is 13.2 Å². The van der Waals surface area contributed by atoms with Crippen LogP contribution >= 0.6 is 0 Å². The largest absolute Gasteiger partial charge is 1.00 e. The van der Waals surface area contributed by atoms with E-state index in [4.69, 9.17) is 4.74 Å². The number of aryl methyl sites for hydroxylation is 1. The second kappa shape index (κ2) is 5.16. The molecule has 0 bridgehead atoms. The third-order valence-corrected chi connectivity index (χ3v) is 1.32. The zero-order valence-corrected chi connectivity index (χ0v) is 10.2. The van der Waals surface area contributed by atoms with E-state index in [0.717, 1.165) is 5.56 Å². The van der Waals surface area contributed by atoms with E-state index < -0.39 is 0 Å². The molecule has 0 spiro atoms. The van der Waals surface area contributed by atoms with Crippen molar-refractivity contribution in [3.8, 4) is 11.5 Å². The number of benzene rings is 1. The molecular formula is C8H9KO2. The fraction of sp³-hybridized carbons (Fsp3) is 0.250.